The lowest BCUT2D eigenvalue weighted by Crippen LogP contribution is -2.43. The standard InChI is InChI=1S/C20H21N5O3/c1-14-7-15(10-21-9-14)20(27)24-12-16-4-5-23-25(16)17(13-24)8-19(26)22-11-18-3-2-6-28-18/h2-7,9-10,17H,8,11-13H2,1H3,(H,22,26)/t17-/m1/s1. The Bertz CT molecular complexity index is 979. The Kier molecular flexibility index (Phi) is 4.92. The molecule has 0 unspecified atom stereocenters. The molecule has 0 aliphatic carbocycles. The lowest BCUT2D eigenvalue weighted by atomic mass is 10.1. The number of aryl methyl sites for hydroxylation is 1. The third kappa shape index (κ3) is 3.80. The Morgan fingerprint density at radius 3 is 3.00 bits per heavy atom. The molecule has 0 fully saturated rings. The van der Waals surface area contributed by atoms with E-state index in [2.05, 4.69) is 15.4 Å². The van der Waals surface area contributed by atoms with Gasteiger partial charge in [0, 0.05) is 25.1 Å². The summed E-state index contributed by atoms with van der Waals surface area (Å²) in [5.41, 5.74) is 2.39. The molecule has 28 heavy (non-hydrogen) atoms. The Labute approximate surface area is 162 Å². The van der Waals surface area contributed by atoms with E-state index in [1.165, 1.54) is 0 Å². The van der Waals surface area contributed by atoms with Gasteiger partial charge in [-0.3, -0.25) is 19.3 Å². The number of aromatic nitrogens is 3. The molecule has 144 valence electrons. The van der Waals surface area contributed by atoms with Gasteiger partial charge in [0.25, 0.3) is 5.91 Å². The summed E-state index contributed by atoms with van der Waals surface area (Å²) < 4.78 is 7.07. The van der Waals surface area contributed by atoms with E-state index in [4.69, 9.17) is 4.42 Å². The van der Waals surface area contributed by atoms with Crippen molar-refractivity contribution < 1.29 is 14.0 Å². The predicted molar refractivity (Wildman–Crippen MR) is 100 cm³/mol. The Balaban J connectivity index is 1.46. The van der Waals surface area contributed by atoms with Gasteiger partial charge in [0.15, 0.2) is 0 Å². The average molecular weight is 379 g/mol. The maximum atomic E-state index is 12.9. The molecule has 0 saturated carbocycles. The van der Waals surface area contributed by atoms with Crippen LogP contribution >= 0.6 is 0 Å². The van der Waals surface area contributed by atoms with Crippen molar-refractivity contribution in [1.82, 2.24) is 25.0 Å². The molecule has 8 nitrogen and oxygen atoms in total. The summed E-state index contributed by atoms with van der Waals surface area (Å²) in [5, 5.41) is 7.20. The Morgan fingerprint density at radius 2 is 2.21 bits per heavy atom. The summed E-state index contributed by atoms with van der Waals surface area (Å²) >= 11 is 0. The number of nitrogens with one attached hydrogen (secondary N) is 1. The lowest BCUT2D eigenvalue weighted by molar-refractivity contribution is -0.122. The zero-order valence-corrected chi connectivity index (χ0v) is 15.5. The van der Waals surface area contributed by atoms with Gasteiger partial charge in [0.05, 0.1) is 43.1 Å². The predicted octanol–water partition coefficient (Wildman–Crippen LogP) is 2.08. The van der Waals surface area contributed by atoms with Crippen molar-refractivity contribution >= 4 is 11.8 Å². The van der Waals surface area contributed by atoms with E-state index in [-0.39, 0.29) is 24.3 Å². The van der Waals surface area contributed by atoms with Crippen molar-refractivity contribution in [2.24, 2.45) is 0 Å². The van der Waals surface area contributed by atoms with Crippen LogP contribution in [0.1, 0.15) is 39.8 Å². The third-order valence-corrected chi connectivity index (χ3v) is 4.75. The minimum atomic E-state index is -0.225. The SMILES string of the molecule is Cc1cncc(C(=O)N2Cc3ccnn3[C@H](CC(=O)NCc3ccco3)C2)c1. The van der Waals surface area contributed by atoms with Gasteiger partial charge in [-0.25, -0.2) is 0 Å². The highest BCUT2D eigenvalue weighted by Gasteiger charge is 2.30. The average Bonchev–Trinajstić information content (AvgIpc) is 3.37. The van der Waals surface area contributed by atoms with Crippen molar-refractivity contribution in [2.75, 3.05) is 6.54 Å². The molecule has 0 spiro atoms. The molecule has 0 radical (unpaired) electrons. The first-order chi connectivity index (χ1) is 13.6. The number of carbonyl (C=O) groups excluding carboxylic acids is 2. The summed E-state index contributed by atoms with van der Waals surface area (Å²) in [6.07, 6.45) is 6.79. The third-order valence-electron chi connectivity index (χ3n) is 4.75. The van der Waals surface area contributed by atoms with E-state index in [0.29, 0.717) is 31.0 Å². The van der Waals surface area contributed by atoms with Gasteiger partial charge in [-0.05, 0) is 36.8 Å². The molecule has 1 aliphatic heterocycles. The normalized spacial score (nSPS) is 15.9. The Hall–Kier alpha value is -3.42. The van der Waals surface area contributed by atoms with Gasteiger partial charge >= 0.3 is 0 Å². The maximum absolute atomic E-state index is 12.9. The minimum Gasteiger partial charge on any atom is -0.467 e. The van der Waals surface area contributed by atoms with Crippen LogP contribution in [0.3, 0.4) is 0 Å². The first kappa shape index (κ1) is 18.0. The van der Waals surface area contributed by atoms with Crippen molar-refractivity contribution in [1.29, 1.82) is 0 Å². The molecule has 4 rings (SSSR count). The molecule has 8 heteroatoms. The van der Waals surface area contributed by atoms with E-state index in [1.807, 2.05) is 29.8 Å². The van der Waals surface area contributed by atoms with E-state index in [1.54, 1.807) is 35.8 Å². The van der Waals surface area contributed by atoms with Crippen LogP contribution in [-0.4, -0.2) is 38.0 Å². The number of hydrogen-bond donors (Lipinski definition) is 1. The topological polar surface area (TPSA) is 93.3 Å². The second-order valence-corrected chi connectivity index (χ2v) is 6.92. The first-order valence-corrected chi connectivity index (χ1v) is 9.12. The van der Waals surface area contributed by atoms with Crippen LogP contribution in [0.2, 0.25) is 0 Å². The molecular weight excluding hydrogens is 358 g/mol. The number of carbonyl (C=O) groups is 2. The molecule has 1 atom stereocenters. The molecule has 1 aliphatic rings. The Morgan fingerprint density at radius 1 is 1.32 bits per heavy atom. The minimum absolute atomic E-state index is 0.0929. The van der Waals surface area contributed by atoms with Crippen LogP contribution in [0.25, 0.3) is 0 Å². The first-order valence-electron chi connectivity index (χ1n) is 9.12. The molecule has 3 aromatic heterocycles. The van der Waals surface area contributed by atoms with Crippen molar-refractivity contribution in [3.8, 4) is 0 Å². The molecule has 1 N–H and O–H groups in total. The zero-order valence-electron chi connectivity index (χ0n) is 15.5. The van der Waals surface area contributed by atoms with Gasteiger partial charge in [0.2, 0.25) is 5.91 Å². The molecule has 0 saturated heterocycles. The number of furan rings is 1. The van der Waals surface area contributed by atoms with Crippen molar-refractivity contribution in [3.05, 3.63) is 71.7 Å². The number of amides is 2. The zero-order chi connectivity index (χ0) is 19.5. The molecule has 2 amide bonds. The van der Waals surface area contributed by atoms with Crippen molar-refractivity contribution in [2.45, 2.75) is 32.5 Å². The van der Waals surface area contributed by atoms with Gasteiger partial charge < -0.3 is 14.6 Å². The second-order valence-electron chi connectivity index (χ2n) is 6.92. The van der Waals surface area contributed by atoms with Gasteiger partial charge in [-0.1, -0.05) is 0 Å². The summed E-state index contributed by atoms with van der Waals surface area (Å²) in [6, 6.07) is 7.07. The van der Waals surface area contributed by atoms with Crippen LogP contribution in [0.4, 0.5) is 0 Å². The monoisotopic (exact) mass is 379 g/mol. The molecule has 0 aromatic carbocycles. The summed E-state index contributed by atoms with van der Waals surface area (Å²) in [4.78, 5) is 31.2. The van der Waals surface area contributed by atoms with Crippen LogP contribution in [0.5, 0.6) is 0 Å². The fourth-order valence-electron chi connectivity index (χ4n) is 3.43. The fourth-order valence-corrected chi connectivity index (χ4v) is 3.43. The van der Waals surface area contributed by atoms with E-state index in [0.717, 1.165) is 11.3 Å². The highest BCUT2D eigenvalue weighted by molar-refractivity contribution is 5.94. The van der Waals surface area contributed by atoms with Crippen LogP contribution < -0.4 is 5.32 Å². The fraction of sp³-hybridized carbons (Fsp3) is 0.300. The lowest BCUT2D eigenvalue weighted by Gasteiger charge is -2.33. The van der Waals surface area contributed by atoms with Gasteiger partial charge in [0.1, 0.15) is 5.76 Å². The highest BCUT2D eigenvalue weighted by atomic mass is 16.3. The summed E-state index contributed by atoms with van der Waals surface area (Å²) in [7, 11) is 0. The molecular formula is C20H21N5O3. The highest BCUT2D eigenvalue weighted by Crippen LogP contribution is 2.24. The number of hydrogen-bond acceptors (Lipinski definition) is 5. The van der Waals surface area contributed by atoms with E-state index >= 15 is 0 Å². The second kappa shape index (κ2) is 7.67. The van der Waals surface area contributed by atoms with E-state index < -0.39 is 0 Å². The molecule has 0 bridgehead atoms. The number of pyridine rings is 1. The summed E-state index contributed by atoms with van der Waals surface area (Å²) in [5.74, 6) is 0.486. The van der Waals surface area contributed by atoms with Crippen molar-refractivity contribution in [3.63, 3.8) is 0 Å². The smallest absolute Gasteiger partial charge is 0.255 e. The van der Waals surface area contributed by atoms with E-state index in [9.17, 15) is 9.59 Å². The van der Waals surface area contributed by atoms with Gasteiger partial charge in [-0.15, -0.1) is 0 Å². The van der Waals surface area contributed by atoms with Crippen LogP contribution in [0.15, 0.2) is 53.5 Å². The number of fused-ring (bicyclic) bond motifs is 1. The quantitative estimate of drug-likeness (QED) is 0.733. The largest absolute Gasteiger partial charge is 0.467 e. The maximum Gasteiger partial charge on any atom is 0.255 e. The number of rotatable bonds is 5. The van der Waals surface area contributed by atoms with Gasteiger partial charge in [-0.2, -0.15) is 5.10 Å². The summed E-state index contributed by atoms with van der Waals surface area (Å²) in [6.45, 7) is 3.11. The van der Waals surface area contributed by atoms with Crippen LogP contribution in [0, 0.1) is 6.92 Å². The number of nitrogens with zero attached hydrogens (tertiary/aromatic N) is 4. The molecule has 4 heterocycles. The van der Waals surface area contributed by atoms with Crippen LogP contribution in [-0.2, 0) is 17.9 Å². The molecule has 3 aromatic rings.